The van der Waals surface area contributed by atoms with E-state index in [1.807, 2.05) is 0 Å². The summed E-state index contributed by atoms with van der Waals surface area (Å²) < 4.78 is 0. The van der Waals surface area contributed by atoms with Crippen molar-refractivity contribution in [1.29, 1.82) is 0 Å². The van der Waals surface area contributed by atoms with Crippen LogP contribution in [0.4, 0.5) is 0 Å². The van der Waals surface area contributed by atoms with Gasteiger partial charge in [-0.1, -0.05) is 32.1 Å². The molecule has 0 aromatic rings. The van der Waals surface area contributed by atoms with Crippen molar-refractivity contribution in [1.82, 2.24) is 0 Å². The normalized spacial score (nSPS) is 22.1. The summed E-state index contributed by atoms with van der Waals surface area (Å²) in [7, 11) is 0. The Labute approximate surface area is 72.9 Å². The quantitative estimate of drug-likeness (QED) is 0.659. The van der Waals surface area contributed by atoms with E-state index in [1.165, 1.54) is 19.3 Å². The van der Waals surface area contributed by atoms with Crippen LogP contribution >= 0.6 is 0 Å². The highest BCUT2D eigenvalue weighted by Gasteiger charge is 2.20. The molecule has 3 heteroatoms. The Morgan fingerprint density at radius 1 is 1.42 bits per heavy atom. The van der Waals surface area contributed by atoms with E-state index in [-0.39, 0.29) is 0 Å². The summed E-state index contributed by atoms with van der Waals surface area (Å²) in [4.78, 5) is 10.5. The van der Waals surface area contributed by atoms with Gasteiger partial charge in [0.1, 0.15) is 6.10 Å². The van der Waals surface area contributed by atoms with Crippen LogP contribution in [0.2, 0.25) is 0 Å². The first-order chi connectivity index (χ1) is 5.70. The van der Waals surface area contributed by atoms with Crippen molar-refractivity contribution in [3.8, 4) is 0 Å². The van der Waals surface area contributed by atoms with E-state index in [0.717, 1.165) is 12.8 Å². The van der Waals surface area contributed by atoms with Crippen molar-refractivity contribution in [3.05, 3.63) is 0 Å². The molecule has 0 aromatic carbocycles. The fourth-order valence-corrected chi connectivity index (χ4v) is 1.85. The van der Waals surface area contributed by atoms with Gasteiger partial charge in [-0.25, -0.2) is 0 Å². The number of carbonyl (C=O) groups is 1. The number of rotatable bonds is 3. The molecule has 1 saturated carbocycles. The Morgan fingerprint density at radius 2 is 2.00 bits per heavy atom. The molecule has 3 nitrogen and oxygen atoms in total. The lowest BCUT2D eigenvalue weighted by Crippen LogP contribution is -2.30. The predicted octanol–water partition coefficient (Wildman–Crippen LogP) is 0.803. The minimum Gasteiger partial charge on any atom is -0.383 e. The van der Waals surface area contributed by atoms with Gasteiger partial charge >= 0.3 is 0 Å². The summed E-state index contributed by atoms with van der Waals surface area (Å²) in [5.74, 6) is -0.0678. The summed E-state index contributed by atoms with van der Waals surface area (Å²) in [6, 6.07) is 0. The molecular formula is C9H17NO2. The van der Waals surface area contributed by atoms with Crippen LogP contribution < -0.4 is 5.73 Å². The molecule has 1 fully saturated rings. The van der Waals surface area contributed by atoms with Crippen LogP contribution in [0.3, 0.4) is 0 Å². The fourth-order valence-electron chi connectivity index (χ4n) is 1.85. The first kappa shape index (κ1) is 9.52. The molecule has 0 radical (unpaired) electrons. The van der Waals surface area contributed by atoms with Crippen LogP contribution in [0.25, 0.3) is 0 Å². The molecule has 0 aliphatic heterocycles. The minimum absolute atomic E-state index is 0.515. The predicted molar refractivity (Wildman–Crippen MR) is 46.4 cm³/mol. The molecule has 1 aliphatic carbocycles. The Balaban J connectivity index is 2.24. The van der Waals surface area contributed by atoms with Crippen molar-refractivity contribution in [2.75, 3.05) is 0 Å². The van der Waals surface area contributed by atoms with Gasteiger partial charge in [0, 0.05) is 0 Å². The summed E-state index contributed by atoms with van der Waals surface area (Å²) in [5.41, 5.74) is 4.96. The molecule has 70 valence electrons. The fraction of sp³-hybridized carbons (Fsp3) is 0.889. The van der Waals surface area contributed by atoms with Gasteiger partial charge in [0.15, 0.2) is 0 Å². The molecule has 12 heavy (non-hydrogen) atoms. The Morgan fingerprint density at radius 3 is 2.50 bits per heavy atom. The standard InChI is InChI=1S/C9H17NO2/c10-9(12)8(11)6-7-4-2-1-3-5-7/h7-8,11H,1-6H2,(H2,10,12)/t8-/m0/s1. The van der Waals surface area contributed by atoms with Gasteiger partial charge in [0.2, 0.25) is 5.91 Å². The highest BCUT2D eigenvalue weighted by molar-refractivity contribution is 5.78. The van der Waals surface area contributed by atoms with Crippen LogP contribution in [0.5, 0.6) is 0 Å². The van der Waals surface area contributed by atoms with E-state index >= 15 is 0 Å². The molecule has 0 saturated heterocycles. The Hall–Kier alpha value is -0.570. The molecule has 3 N–H and O–H groups in total. The molecule has 0 spiro atoms. The van der Waals surface area contributed by atoms with E-state index in [9.17, 15) is 9.90 Å². The zero-order valence-corrected chi connectivity index (χ0v) is 7.33. The molecule has 1 amide bonds. The largest absolute Gasteiger partial charge is 0.383 e. The lowest BCUT2D eigenvalue weighted by Gasteiger charge is -2.22. The molecule has 1 rings (SSSR count). The Kier molecular flexibility index (Phi) is 3.53. The van der Waals surface area contributed by atoms with Gasteiger partial charge in [-0.15, -0.1) is 0 Å². The molecule has 0 aromatic heterocycles. The van der Waals surface area contributed by atoms with Crippen molar-refractivity contribution >= 4 is 5.91 Å². The van der Waals surface area contributed by atoms with Crippen molar-refractivity contribution in [3.63, 3.8) is 0 Å². The van der Waals surface area contributed by atoms with Gasteiger partial charge in [0.05, 0.1) is 0 Å². The summed E-state index contributed by atoms with van der Waals surface area (Å²) in [5, 5.41) is 9.20. The Bertz CT molecular complexity index is 153. The van der Waals surface area contributed by atoms with Crippen molar-refractivity contribution in [2.24, 2.45) is 11.7 Å². The number of carbonyl (C=O) groups excluding carboxylic acids is 1. The number of hydrogen-bond acceptors (Lipinski definition) is 2. The highest BCUT2D eigenvalue weighted by atomic mass is 16.3. The number of primary amides is 1. The van der Waals surface area contributed by atoms with Gasteiger partial charge < -0.3 is 10.8 Å². The number of nitrogens with two attached hydrogens (primary N) is 1. The molecule has 1 aliphatic rings. The topological polar surface area (TPSA) is 63.3 Å². The van der Waals surface area contributed by atoms with E-state index in [2.05, 4.69) is 0 Å². The zero-order valence-electron chi connectivity index (χ0n) is 7.33. The summed E-state index contributed by atoms with van der Waals surface area (Å²) in [6.07, 6.45) is 5.69. The third-order valence-corrected chi connectivity index (χ3v) is 2.61. The number of aliphatic hydroxyl groups is 1. The number of hydrogen-bond donors (Lipinski definition) is 2. The third-order valence-electron chi connectivity index (χ3n) is 2.61. The van der Waals surface area contributed by atoms with Crippen LogP contribution in [-0.2, 0) is 4.79 Å². The van der Waals surface area contributed by atoms with E-state index in [4.69, 9.17) is 5.73 Å². The smallest absolute Gasteiger partial charge is 0.246 e. The van der Waals surface area contributed by atoms with Gasteiger partial charge in [-0.3, -0.25) is 4.79 Å². The van der Waals surface area contributed by atoms with E-state index < -0.39 is 12.0 Å². The van der Waals surface area contributed by atoms with Crippen LogP contribution in [0.1, 0.15) is 38.5 Å². The van der Waals surface area contributed by atoms with Crippen LogP contribution in [0.15, 0.2) is 0 Å². The maximum atomic E-state index is 10.5. The van der Waals surface area contributed by atoms with Gasteiger partial charge in [-0.05, 0) is 12.3 Å². The maximum absolute atomic E-state index is 10.5. The number of amides is 1. The number of aliphatic hydroxyl groups excluding tert-OH is 1. The van der Waals surface area contributed by atoms with Crippen LogP contribution in [0, 0.1) is 5.92 Å². The molecule has 0 unspecified atom stereocenters. The first-order valence-corrected chi connectivity index (χ1v) is 4.67. The highest BCUT2D eigenvalue weighted by Crippen LogP contribution is 2.27. The van der Waals surface area contributed by atoms with E-state index in [0.29, 0.717) is 12.3 Å². The second kappa shape index (κ2) is 4.45. The summed E-state index contributed by atoms with van der Waals surface area (Å²) >= 11 is 0. The lowest BCUT2D eigenvalue weighted by molar-refractivity contribution is -0.126. The molecule has 1 atom stereocenters. The minimum atomic E-state index is -0.923. The lowest BCUT2D eigenvalue weighted by atomic mass is 9.85. The van der Waals surface area contributed by atoms with Gasteiger partial charge in [0.25, 0.3) is 0 Å². The zero-order chi connectivity index (χ0) is 8.97. The average Bonchev–Trinajstić information content (AvgIpc) is 2.06. The van der Waals surface area contributed by atoms with Crippen LogP contribution in [-0.4, -0.2) is 17.1 Å². The van der Waals surface area contributed by atoms with Gasteiger partial charge in [-0.2, -0.15) is 0 Å². The first-order valence-electron chi connectivity index (χ1n) is 4.67. The summed E-state index contributed by atoms with van der Waals surface area (Å²) in [6.45, 7) is 0. The molecular weight excluding hydrogens is 154 g/mol. The molecule has 0 bridgehead atoms. The average molecular weight is 171 g/mol. The molecule has 0 heterocycles. The second-order valence-corrected chi connectivity index (χ2v) is 3.66. The van der Waals surface area contributed by atoms with Crippen molar-refractivity contribution < 1.29 is 9.90 Å². The van der Waals surface area contributed by atoms with E-state index in [1.54, 1.807) is 0 Å². The third kappa shape index (κ3) is 2.81. The second-order valence-electron chi connectivity index (χ2n) is 3.66. The maximum Gasteiger partial charge on any atom is 0.246 e. The van der Waals surface area contributed by atoms with Crippen molar-refractivity contribution in [2.45, 2.75) is 44.6 Å². The SMILES string of the molecule is NC(=O)[C@@H](O)CC1CCCCC1. The monoisotopic (exact) mass is 171 g/mol.